The number of para-hydroxylation sites is 1. The van der Waals surface area contributed by atoms with Gasteiger partial charge in [0.1, 0.15) is 23.4 Å². The fraction of sp³-hybridized carbons (Fsp3) is 0.100. The van der Waals surface area contributed by atoms with Crippen LogP contribution in [0.15, 0.2) is 60.7 Å². The Morgan fingerprint density at radius 1 is 1.00 bits per heavy atom. The number of hydrogen-bond acceptors (Lipinski definition) is 7. The van der Waals surface area contributed by atoms with Crippen LogP contribution in [0.4, 0.5) is 0 Å². The van der Waals surface area contributed by atoms with E-state index in [1.165, 1.54) is 25.7 Å². The van der Waals surface area contributed by atoms with Gasteiger partial charge in [-0.3, -0.25) is 0 Å². The lowest BCUT2D eigenvalue weighted by Gasteiger charge is -2.13. The minimum Gasteiger partial charge on any atom is -0.500 e. The summed E-state index contributed by atoms with van der Waals surface area (Å²) in [5.41, 5.74) is 0.325. The Kier molecular flexibility index (Phi) is 6.25. The molecular formula is C20H16ClN3O5. The molecule has 2 heterocycles. The number of carbonyl (C=O) groups is 1. The van der Waals surface area contributed by atoms with E-state index in [0.717, 1.165) is 0 Å². The van der Waals surface area contributed by atoms with Gasteiger partial charge in [-0.15, -0.1) is 0 Å². The van der Waals surface area contributed by atoms with E-state index in [1.807, 2.05) is 0 Å². The van der Waals surface area contributed by atoms with Crippen LogP contribution in [0.25, 0.3) is 5.57 Å². The molecule has 148 valence electrons. The standard InChI is InChI=1S/C20H16ClN3O5/c1-12(27-2)18(20(25)26)13-6-3-4-7-14(13)28-16-10-17(24-11-23-16)29-15-8-5-9-22-19(15)21/h3-11H,1-2H3,(H,25,26)/b18-12+. The molecule has 0 saturated carbocycles. The Labute approximate surface area is 171 Å². The van der Waals surface area contributed by atoms with Crippen molar-refractivity contribution in [3.05, 3.63) is 71.5 Å². The van der Waals surface area contributed by atoms with Crippen LogP contribution in [0.3, 0.4) is 0 Å². The summed E-state index contributed by atoms with van der Waals surface area (Å²) in [5.74, 6) is 0.0490. The minimum absolute atomic E-state index is 0.0178. The fourth-order valence-corrected chi connectivity index (χ4v) is 2.58. The maximum atomic E-state index is 11.7. The monoisotopic (exact) mass is 413 g/mol. The number of allylic oxidation sites excluding steroid dienone is 1. The average Bonchev–Trinajstić information content (AvgIpc) is 2.71. The number of aromatic nitrogens is 3. The van der Waals surface area contributed by atoms with Gasteiger partial charge in [0.05, 0.1) is 13.2 Å². The van der Waals surface area contributed by atoms with E-state index in [0.29, 0.717) is 11.3 Å². The normalized spacial score (nSPS) is 11.4. The first-order valence-electron chi connectivity index (χ1n) is 8.35. The van der Waals surface area contributed by atoms with Crippen molar-refractivity contribution in [2.45, 2.75) is 6.92 Å². The molecule has 3 rings (SSSR count). The zero-order chi connectivity index (χ0) is 20.8. The molecule has 0 bridgehead atoms. The number of halogens is 1. The van der Waals surface area contributed by atoms with E-state index < -0.39 is 5.97 Å². The van der Waals surface area contributed by atoms with Gasteiger partial charge in [-0.25, -0.2) is 19.7 Å². The molecule has 0 radical (unpaired) electrons. The van der Waals surface area contributed by atoms with Crippen molar-refractivity contribution < 1.29 is 24.1 Å². The summed E-state index contributed by atoms with van der Waals surface area (Å²) in [5, 5.41) is 9.78. The maximum Gasteiger partial charge on any atom is 0.339 e. The number of rotatable bonds is 7. The largest absolute Gasteiger partial charge is 0.500 e. The van der Waals surface area contributed by atoms with Gasteiger partial charge in [0, 0.05) is 11.8 Å². The molecule has 0 aliphatic carbocycles. The number of pyridine rings is 1. The quantitative estimate of drug-likeness (QED) is 0.341. The van der Waals surface area contributed by atoms with E-state index in [4.69, 9.17) is 25.8 Å². The molecule has 0 aliphatic heterocycles. The molecule has 3 aromatic rings. The van der Waals surface area contributed by atoms with Gasteiger partial charge in [0.25, 0.3) is 0 Å². The Morgan fingerprint density at radius 2 is 1.66 bits per heavy atom. The Balaban J connectivity index is 1.92. The van der Waals surface area contributed by atoms with Crippen molar-refractivity contribution in [3.8, 4) is 23.3 Å². The van der Waals surface area contributed by atoms with Gasteiger partial charge >= 0.3 is 5.97 Å². The molecule has 0 atom stereocenters. The van der Waals surface area contributed by atoms with Crippen molar-refractivity contribution in [2.75, 3.05) is 7.11 Å². The highest BCUT2D eigenvalue weighted by Crippen LogP contribution is 2.33. The van der Waals surface area contributed by atoms with Crippen LogP contribution in [0, 0.1) is 0 Å². The second-order valence-corrected chi connectivity index (χ2v) is 5.99. The summed E-state index contributed by atoms with van der Waals surface area (Å²) in [6, 6.07) is 11.4. The lowest BCUT2D eigenvalue weighted by molar-refractivity contribution is -0.130. The third-order valence-corrected chi connectivity index (χ3v) is 4.08. The average molecular weight is 414 g/mol. The van der Waals surface area contributed by atoms with Gasteiger partial charge < -0.3 is 19.3 Å². The molecule has 9 heteroatoms. The number of nitrogens with zero attached hydrogens (tertiary/aromatic N) is 3. The van der Waals surface area contributed by atoms with Crippen molar-refractivity contribution in [2.24, 2.45) is 0 Å². The van der Waals surface area contributed by atoms with Gasteiger partial charge in [-0.2, -0.15) is 0 Å². The third kappa shape index (κ3) is 4.80. The smallest absolute Gasteiger partial charge is 0.339 e. The van der Waals surface area contributed by atoms with E-state index in [2.05, 4.69) is 15.0 Å². The zero-order valence-corrected chi connectivity index (χ0v) is 16.3. The number of carboxylic acids is 1. The van der Waals surface area contributed by atoms with Crippen LogP contribution in [-0.4, -0.2) is 33.1 Å². The van der Waals surface area contributed by atoms with E-state index >= 15 is 0 Å². The summed E-state index contributed by atoms with van der Waals surface area (Å²) in [6.07, 6.45) is 2.79. The van der Waals surface area contributed by atoms with Gasteiger partial charge in [0.2, 0.25) is 11.8 Å². The van der Waals surface area contributed by atoms with Crippen LogP contribution in [-0.2, 0) is 9.53 Å². The first kappa shape index (κ1) is 20.1. The number of ether oxygens (including phenoxy) is 3. The van der Waals surface area contributed by atoms with Gasteiger partial charge in [0.15, 0.2) is 10.9 Å². The molecule has 1 N–H and O–H groups in total. The highest BCUT2D eigenvalue weighted by molar-refractivity contribution is 6.30. The maximum absolute atomic E-state index is 11.7. The van der Waals surface area contributed by atoms with E-state index in [1.54, 1.807) is 43.3 Å². The van der Waals surface area contributed by atoms with Crippen LogP contribution in [0.1, 0.15) is 12.5 Å². The second-order valence-electron chi connectivity index (χ2n) is 5.63. The van der Waals surface area contributed by atoms with Crippen LogP contribution in [0.2, 0.25) is 5.15 Å². The Hall–Kier alpha value is -3.65. The molecule has 0 unspecified atom stereocenters. The first-order chi connectivity index (χ1) is 14.0. The Morgan fingerprint density at radius 3 is 2.31 bits per heavy atom. The van der Waals surface area contributed by atoms with Crippen LogP contribution >= 0.6 is 11.6 Å². The molecule has 29 heavy (non-hydrogen) atoms. The lowest BCUT2D eigenvalue weighted by atomic mass is 10.0. The summed E-state index contributed by atoms with van der Waals surface area (Å²) in [6.45, 7) is 1.56. The lowest BCUT2D eigenvalue weighted by Crippen LogP contribution is -2.05. The number of benzene rings is 1. The summed E-state index contributed by atoms with van der Waals surface area (Å²) in [7, 11) is 1.40. The van der Waals surface area contributed by atoms with Crippen molar-refractivity contribution in [3.63, 3.8) is 0 Å². The van der Waals surface area contributed by atoms with Crippen molar-refractivity contribution in [1.82, 2.24) is 15.0 Å². The SMILES string of the molecule is CO/C(C)=C(/C(=O)O)c1ccccc1Oc1cc(Oc2cccnc2Cl)ncn1. The van der Waals surface area contributed by atoms with E-state index in [9.17, 15) is 9.90 Å². The molecular weight excluding hydrogens is 398 g/mol. The number of methoxy groups -OCH3 is 1. The van der Waals surface area contributed by atoms with Crippen LogP contribution < -0.4 is 9.47 Å². The number of carboxylic acid groups (broad SMARTS) is 1. The van der Waals surface area contributed by atoms with Crippen LogP contribution in [0.5, 0.6) is 23.3 Å². The summed E-state index contributed by atoms with van der Waals surface area (Å²) in [4.78, 5) is 23.7. The number of aliphatic carboxylic acids is 1. The van der Waals surface area contributed by atoms with Gasteiger partial charge in [-0.05, 0) is 25.1 Å². The fourth-order valence-electron chi connectivity index (χ4n) is 2.43. The second kappa shape index (κ2) is 9.03. The minimum atomic E-state index is -1.14. The first-order valence-corrected chi connectivity index (χ1v) is 8.73. The van der Waals surface area contributed by atoms with Gasteiger partial charge in [-0.1, -0.05) is 29.8 Å². The van der Waals surface area contributed by atoms with Crippen molar-refractivity contribution >= 4 is 23.1 Å². The zero-order valence-electron chi connectivity index (χ0n) is 15.5. The van der Waals surface area contributed by atoms with Crippen molar-refractivity contribution in [1.29, 1.82) is 0 Å². The molecule has 0 fully saturated rings. The molecule has 1 aromatic carbocycles. The molecule has 2 aromatic heterocycles. The van der Waals surface area contributed by atoms with E-state index in [-0.39, 0.29) is 34.0 Å². The highest BCUT2D eigenvalue weighted by Gasteiger charge is 2.20. The number of hydrogen-bond donors (Lipinski definition) is 1. The highest BCUT2D eigenvalue weighted by atomic mass is 35.5. The molecule has 8 nitrogen and oxygen atoms in total. The molecule has 0 spiro atoms. The molecule has 0 saturated heterocycles. The predicted octanol–water partition coefficient (Wildman–Crippen LogP) is 4.57. The third-order valence-electron chi connectivity index (χ3n) is 3.80. The Bertz CT molecular complexity index is 1070. The predicted molar refractivity (Wildman–Crippen MR) is 105 cm³/mol. The molecule has 0 aliphatic rings. The topological polar surface area (TPSA) is 104 Å². The molecule has 0 amide bonds. The summed E-state index contributed by atoms with van der Waals surface area (Å²) >= 11 is 5.99. The summed E-state index contributed by atoms with van der Waals surface area (Å²) < 4.78 is 16.5.